The Labute approximate surface area is 116 Å². The molecule has 0 unspecified atom stereocenters. The Balaban J connectivity index is 1.74. The van der Waals surface area contributed by atoms with Gasteiger partial charge in [0.1, 0.15) is 0 Å². The van der Waals surface area contributed by atoms with Gasteiger partial charge in [0.25, 0.3) is 0 Å². The third-order valence-electron chi connectivity index (χ3n) is 3.12. The number of aryl methyl sites for hydroxylation is 2. The summed E-state index contributed by atoms with van der Waals surface area (Å²) in [5.74, 6) is -1.43. The third kappa shape index (κ3) is 2.51. The Morgan fingerprint density at radius 3 is 2.75 bits per heavy atom. The maximum absolute atomic E-state index is 11.3. The van der Waals surface area contributed by atoms with Crippen LogP contribution in [0.1, 0.15) is 11.3 Å². The van der Waals surface area contributed by atoms with E-state index in [4.69, 9.17) is 0 Å². The van der Waals surface area contributed by atoms with Gasteiger partial charge in [0, 0.05) is 11.9 Å². The van der Waals surface area contributed by atoms with Gasteiger partial charge in [-0.05, 0) is 42.7 Å². The fraction of sp³-hybridized carbons (Fsp3) is 0.133. The van der Waals surface area contributed by atoms with Crippen molar-refractivity contribution in [3.8, 4) is 0 Å². The number of fused-ring (bicyclic) bond motifs is 1. The highest BCUT2D eigenvalue weighted by atomic mass is 16.2. The number of benzene rings is 1. The molecular weight excluding hydrogens is 254 g/mol. The fourth-order valence-corrected chi connectivity index (χ4v) is 2.09. The van der Waals surface area contributed by atoms with E-state index in [9.17, 15) is 9.59 Å². The number of amides is 2. The second-order valence-electron chi connectivity index (χ2n) is 4.54. The number of aromatic nitrogens is 1. The summed E-state index contributed by atoms with van der Waals surface area (Å²) in [5, 5.41) is 6.29. The van der Waals surface area contributed by atoms with Gasteiger partial charge in [-0.1, -0.05) is 12.1 Å². The minimum atomic E-state index is -0.751. The molecule has 0 atom stereocenters. The Morgan fingerprint density at radius 2 is 1.95 bits per heavy atom. The highest BCUT2D eigenvalue weighted by Crippen LogP contribution is 2.26. The van der Waals surface area contributed by atoms with Crippen LogP contribution in [0.15, 0.2) is 42.6 Å². The summed E-state index contributed by atoms with van der Waals surface area (Å²) >= 11 is 0. The van der Waals surface area contributed by atoms with Gasteiger partial charge in [-0.25, -0.2) is 5.32 Å². The topological polar surface area (TPSA) is 73.2 Å². The van der Waals surface area contributed by atoms with Crippen molar-refractivity contribution in [3.63, 3.8) is 0 Å². The molecule has 0 saturated heterocycles. The number of nitrogens with zero attached hydrogens (tertiary/aromatic N) is 2. The molecule has 0 bridgehead atoms. The van der Waals surface area contributed by atoms with E-state index in [0.29, 0.717) is 11.4 Å². The van der Waals surface area contributed by atoms with Crippen molar-refractivity contribution in [2.24, 2.45) is 0 Å². The zero-order valence-electron chi connectivity index (χ0n) is 10.7. The molecule has 0 spiro atoms. The molecular formula is C15H12N3O2. The van der Waals surface area contributed by atoms with Gasteiger partial charge in [-0.3, -0.25) is 14.6 Å². The molecule has 0 fully saturated rings. The van der Waals surface area contributed by atoms with E-state index in [1.54, 1.807) is 12.3 Å². The SMILES string of the molecule is O=C1[N]c2cc(CCc3ccccn3)ccc2NC1=O. The zero-order valence-corrected chi connectivity index (χ0v) is 10.7. The van der Waals surface area contributed by atoms with Crippen molar-refractivity contribution >= 4 is 23.2 Å². The van der Waals surface area contributed by atoms with Crippen LogP contribution in [0.5, 0.6) is 0 Å². The average Bonchev–Trinajstić information content (AvgIpc) is 2.47. The summed E-state index contributed by atoms with van der Waals surface area (Å²) in [6.07, 6.45) is 3.40. The van der Waals surface area contributed by atoms with Crippen LogP contribution < -0.4 is 10.6 Å². The maximum atomic E-state index is 11.3. The van der Waals surface area contributed by atoms with Gasteiger partial charge in [-0.15, -0.1) is 0 Å². The van der Waals surface area contributed by atoms with E-state index in [1.165, 1.54) is 0 Å². The van der Waals surface area contributed by atoms with Crippen molar-refractivity contribution in [1.82, 2.24) is 10.3 Å². The number of anilines is 1. The predicted molar refractivity (Wildman–Crippen MR) is 73.5 cm³/mol. The Hall–Kier alpha value is -2.69. The van der Waals surface area contributed by atoms with Crippen LogP contribution in [0.25, 0.3) is 0 Å². The van der Waals surface area contributed by atoms with Crippen molar-refractivity contribution in [1.29, 1.82) is 0 Å². The third-order valence-corrected chi connectivity index (χ3v) is 3.12. The van der Waals surface area contributed by atoms with Gasteiger partial charge in [0.05, 0.1) is 11.4 Å². The summed E-state index contributed by atoms with van der Waals surface area (Å²) < 4.78 is 0. The second-order valence-corrected chi connectivity index (χ2v) is 4.54. The Bertz CT molecular complexity index is 668. The quantitative estimate of drug-likeness (QED) is 0.857. The van der Waals surface area contributed by atoms with E-state index in [0.717, 1.165) is 24.1 Å². The predicted octanol–water partition coefficient (Wildman–Crippen LogP) is 1.58. The average molecular weight is 266 g/mol. The lowest BCUT2D eigenvalue weighted by molar-refractivity contribution is -0.135. The highest BCUT2D eigenvalue weighted by Gasteiger charge is 2.24. The second kappa shape index (κ2) is 5.13. The van der Waals surface area contributed by atoms with Crippen LogP contribution >= 0.6 is 0 Å². The normalized spacial score (nSPS) is 13.4. The van der Waals surface area contributed by atoms with E-state index >= 15 is 0 Å². The molecule has 5 heteroatoms. The highest BCUT2D eigenvalue weighted by molar-refractivity contribution is 6.42. The maximum Gasteiger partial charge on any atom is 0.335 e. The van der Waals surface area contributed by atoms with Gasteiger partial charge < -0.3 is 5.32 Å². The van der Waals surface area contributed by atoms with E-state index in [-0.39, 0.29) is 0 Å². The van der Waals surface area contributed by atoms with Crippen molar-refractivity contribution < 1.29 is 9.59 Å². The van der Waals surface area contributed by atoms with E-state index in [1.807, 2.05) is 30.3 Å². The molecule has 0 aliphatic carbocycles. The first kappa shape index (κ1) is 12.3. The van der Waals surface area contributed by atoms with Gasteiger partial charge in [0.15, 0.2) is 0 Å². The summed E-state index contributed by atoms with van der Waals surface area (Å²) in [5.41, 5.74) is 3.18. The summed E-state index contributed by atoms with van der Waals surface area (Å²) in [7, 11) is 0. The minimum absolute atomic E-state index is 0.521. The molecule has 2 aromatic rings. The summed E-state index contributed by atoms with van der Waals surface area (Å²) in [6.45, 7) is 0. The van der Waals surface area contributed by atoms with E-state index in [2.05, 4.69) is 15.6 Å². The smallest absolute Gasteiger partial charge is 0.316 e. The van der Waals surface area contributed by atoms with Crippen molar-refractivity contribution in [2.75, 3.05) is 5.32 Å². The standard InChI is InChI=1S/C15H12N3O2/c19-14-15(20)18-13-9-10(5-7-12(13)17-14)4-6-11-3-1-2-8-16-11/h1-3,5,7-9H,4,6H2,(H,17,19). The molecule has 1 aromatic carbocycles. The lowest BCUT2D eigenvalue weighted by atomic mass is 10.1. The molecule has 1 N–H and O–H groups in total. The molecule has 1 aromatic heterocycles. The van der Waals surface area contributed by atoms with Gasteiger partial charge >= 0.3 is 11.8 Å². The number of rotatable bonds is 3. The van der Waals surface area contributed by atoms with Crippen LogP contribution in [-0.2, 0) is 22.4 Å². The van der Waals surface area contributed by atoms with Crippen LogP contribution in [0, 0.1) is 0 Å². The van der Waals surface area contributed by atoms with Crippen LogP contribution in [-0.4, -0.2) is 16.8 Å². The van der Waals surface area contributed by atoms with E-state index < -0.39 is 11.8 Å². The molecule has 3 rings (SSSR count). The monoisotopic (exact) mass is 266 g/mol. The van der Waals surface area contributed by atoms with Crippen LogP contribution in [0.4, 0.5) is 11.4 Å². The van der Waals surface area contributed by atoms with Crippen molar-refractivity contribution in [2.45, 2.75) is 12.8 Å². The molecule has 1 radical (unpaired) electrons. The first-order valence-corrected chi connectivity index (χ1v) is 6.32. The van der Waals surface area contributed by atoms with Crippen LogP contribution in [0.2, 0.25) is 0 Å². The van der Waals surface area contributed by atoms with Crippen LogP contribution in [0.3, 0.4) is 0 Å². The molecule has 5 nitrogen and oxygen atoms in total. The molecule has 2 amide bonds. The number of pyridine rings is 1. The summed E-state index contributed by atoms with van der Waals surface area (Å²) in [4.78, 5) is 26.7. The Kier molecular flexibility index (Phi) is 3.16. The molecule has 20 heavy (non-hydrogen) atoms. The van der Waals surface area contributed by atoms with Crippen molar-refractivity contribution in [3.05, 3.63) is 53.9 Å². The number of hydrogen-bond donors (Lipinski definition) is 1. The lowest BCUT2D eigenvalue weighted by Crippen LogP contribution is -2.33. The number of carbonyl (C=O) groups excluding carboxylic acids is 2. The molecule has 2 heterocycles. The zero-order chi connectivity index (χ0) is 13.9. The van der Waals surface area contributed by atoms with Gasteiger partial charge in [-0.2, -0.15) is 0 Å². The fourth-order valence-electron chi connectivity index (χ4n) is 2.09. The largest absolute Gasteiger partial charge is 0.335 e. The minimum Gasteiger partial charge on any atom is -0.316 e. The first-order valence-electron chi connectivity index (χ1n) is 6.32. The number of hydrogen-bond acceptors (Lipinski definition) is 3. The first-order chi connectivity index (χ1) is 9.72. The lowest BCUT2D eigenvalue weighted by Gasteiger charge is -2.15. The molecule has 1 aliphatic rings. The number of carbonyl (C=O) groups is 2. The molecule has 1 aliphatic heterocycles. The Morgan fingerprint density at radius 1 is 1.05 bits per heavy atom. The van der Waals surface area contributed by atoms with Gasteiger partial charge in [0.2, 0.25) is 0 Å². The number of nitrogens with one attached hydrogen (secondary N) is 1. The molecule has 99 valence electrons. The summed E-state index contributed by atoms with van der Waals surface area (Å²) in [6, 6.07) is 11.3. The molecule has 0 saturated carbocycles.